The predicted octanol–water partition coefficient (Wildman–Crippen LogP) is 4.35. The Labute approximate surface area is 248 Å². The van der Waals surface area contributed by atoms with Crippen molar-refractivity contribution >= 4 is 29.4 Å². The summed E-state index contributed by atoms with van der Waals surface area (Å²) in [6.07, 6.45) is 2.16. The van der Waals surface area contributed by atoms with Crippen molar-refractivity contribution in [3.05, 3.63) is 53.6 Å². The normalized spacial score (nSPS) is 18.9. The standard InChI is InChI=1S/C32H43N5O5/c1-4-42-32(40)35-14-11-26(12-15-35)22-33-17-19-34(20-18-33)27-7-10-29(24(2)21-27)36-16-13-30(38)37(31(36)39)23-25-5-8-28(41-3)9-6-25/h5-10,21,26H,4,11-20,22-23H2,1-3H3. The second-order valence-corrected chi connectivity index (χ2v) is 11.4. The number of benzene rings is 2. The van der Waals surface area contributed by atoms with Gasteiger partial charge in [0, 0.05) is 70.2 Å². The van der Waals surface area contributed by atoms with Gasteiger partial charge in [-0.1, -0.05) is 12.1 Å². The number of piperazine rings is 1. The maximum absolute atomic E-state index is 13.4. The van der Waals surface area contributed by atoms with Crippen molar-refractivity contribution in [2.24, 2.45) is 5.92 Å². The fourth-order valence-corrected chi connectivity index (χ4v) is 6.19. The molecule has 2 aromatic carbocycles. The zero-order chi connectivity index (χ0) is 29.6. The van der Waals surface area contributed by atoms with E-state index in [1.807, 2.05) is 49.1 Å². The Morgan fingerprint density at radius 1 is 0.929 bits per heavy atom. The number of hydrogen-bond donors (Lipinski definition) is 0. The van der Waals surface area contributed by atoms with Crippen molar-refractivity contribution in [1.29, 1.82) is 0 Å². The van der Waals surface area contributed by atoms with E-state index in [4.69, 9.17) is 9.47 Å². The summed E-state index contributed by atoms with van der Waals surface area (Å²) in [6, 6.07) is 13.4. The van der Waals surface area contributed by atoms with Crippen LogP contribution in [0.2, 0.25) is 0 Å². The highest BCUT2D eigenvalue weighted by molar-refractivity contribution is 6.06. The van der Waals surface area contributed by atoms with Gasteiger partial charge in [-0.2, -0.15) is 0 Å². The lowest BCUT2D eigenvalue weighted by atomic mass is 9.96. The van der Waals surface area contributed by atoms with Gasteiger partial charge in [0.05, 0.1) is 20.3 Å². The Hall–Kier alpha value is -3.79. The number of likely N-dealkylation sites (tertiary alicyclic amines) is 1. The molecular formula is C32H43N5O5. The molecule has 10 nitrogen and oxygen atoms in total. The highest BCUT2D eigenvalue weighted by atomic mass is 16.6. The van der Waals surface area contributed by atoms with Crippen LogP contribution in [-0.2, 0) is 16.1 Å². The van der Waals surface area contributed by atoms with Gasteiger partial charge >= 0.3 is 12.1 Å². The van der Waals surface area contributed by atoms with E-state index in [-0.39, 0.29) is 24.6 Å². The molecule has 3 saturated heterocycles. The van der Waals surface area contributed by atoms with E-state index in [0.717, 1.165) is 86.9 Å². The highest BCUT2D eigenvalue weighted by Gasteiger charge is 2.34. The number of anilines is 2. The third-order valence-electron chi connectivity index (χ3n) is 8.68. The van der Waals surface area contributed by atoms with Crippen LogP contribution in [0.1, 0.15) is 37.3 Å². The molecule has 0 aromatic heterocycles. The Morgan fingerprint density at radius 3 is 2.29 bits per heavy atom. The van der Waals surface area contributed by atoms with Gasteiger partial charge in [-0.05, 0) is 74.1 Å². The summed E-state index contributed by atoms with van der Waals surface area (Å²) in [4.78, 5) is 48.0. The number of piperidine rings is 1. The van der Waals surface area contributed by atoms with Crippen LogP contribution < -0.4 is 14.5 Å². The van der Waals surface area contributed by atoms with Crippen LogP contribution in [0.5, 0.6) is 5.75 Å². The van der Waals surface area contributed by atoms with E-state index in [1.165, 1.54) is 4.90 Å². The third-order valence-corrected chi connectivity index (χ3v) is 8.68. The van der Waals surface area contributed by atoms with Crippen LogP contribution in [0.15, 0.2) is 42.5 Å². The van der Waals surface area contributed by atoms with Crippen LogP contribution in [0.25, 0.3) is 0 Å². The van der Waals surface area contributed by atoms with Crippen LogP contribution in [0, 0.1) is 12.8 Å². The van der Waals surface area contributed by atoms with Crippen molar-refractivity contribution in [2.75, 3.05) is 75.9 Å². The number of aryl methyl sites for hydroxylation is 1. The molecule has 0 saturated carbocycles. The van der Waals surface area contributed by atoms with Crippen molar-refractivity contribution < 1.29 is 23.9 Å². The number of methoxy groups -OCH3 is 1. The fraction of sp³-hybridized carbons (Fsp3) is 0.531. The molecule has 3 heterocycles. The molecule has 0 aliphatic carbocycles. The molecule has 226 valence electrons. The Kier molecular flexibility index (Phi) is 9.51. The average molecular weight is 578 g/mol. The molecule has 0 radical (unpaired) electrons. The number of rotatable bonds is 8. The summed E-state index contributed by atoms with van der Waals surface area (Å²) in [5, 5.41) is 0. The molecule has 5 rings (SSSR count). The minimum atomic E-state index is -0.278. The van der Waals surface area contributed by atoms with Gasteiger partial charge in [-0.15, -0.1) is 0 Å². The molecule has 0 bridgehead atoms. The lowest BCUT2D eigenvalue weighted by Crippen LogP contribution is -2.52. The molecule has 4 amide bonds. The number of carbonyl (C=O) groups is 3. The number of amides is 4. The first kappa shape index (κ1) is 29.7. The van der Waals surface area contributed by atoms with Gasteiger partial charge in [0.2, 0.25) is 5.91 Å². The summed E-state index contributed by atoms with van der Waals surface area (Å²) in [7, 11) is 1.61. The van der Waals surface area contributed by atoms with Crippen molar-refractivity contribution in [1.82, 2.24) is 14.7 Å². The second-order valence-electron chi connectivity index (χ2n) is 11.4. The number of urea groups is 1. The van der Waals surface area contributed by atoms with E-state index >= 15 is 0 Å². The summed E-state index contributed by atoms with van der Waals surface area (Å²) in [5.41, 5.74) is 3.92. The highest BCUT2D eigenvalue weighted by Crippen LogP contribution is 2.30. The molecule has 3 aliphatic rings. The van der Waals surface area contributed by atoms with Crippen LogP contribution >= 0.6 is 0 Å². The molecular weight excluding hydrogens is 534 g/mol. The Balaban J connectivity index is 1.14. The zero-order valence-electron chi connectivity index (χ0n) is 25.1. The van der Waals surface area contributed by atoms with Gasteiger partial charge in [0.15, 0.2) is 0 Å². The second kappa shape index (κ2) is 13.5. The van der Waals surface area contributed by atoms with Gasteiger partial charge in [-0.25, -0.2) is 9.59 Å². The van der Waals surface area contributed by atoms with E-state index < -0.39 is 0 Å². The molecule has 10 heteroatoms. The predicted molar refractivity (Wildman–Crippen MR) is 162 cm³/mol. The lowest BCUT2D eigenvalue weighted by Gasteiger charge is -2.40. The molecule has 3 fully saturated rings. The largest absolute Gasteiger partial charge is 0.497 e. The van der Waals surface area contributed by atoms with Gasteiger partial charge in [0.1, 0.15) is 5.75 Å². The molecule has 2 aromatic rings. The molecule has 3 aliphatic heterocycles. The quantitative estimate of drug-likeness (QED) is 0.461. The minimum absolute atomic E-state index is 0.149. The number of hydrogen-bond acceptors (Lipinski definition) is 7. The summed E-state index contributed by atoms with van der Waals surface area (Å²) >= 11 is 0. The Bertz CT molecular complexity index is 1250. The SMILES string of the molecule is CCOC(=O)N1CCC(CN2CCN(c3ccc(N4CCC(=O)N(Cc5ccc(OC)cc5)C4=O)c(C)c3)CC2)CC1. The monoisotopic (exact) mass is 577 g/mol. The van der Waals surface area contributed by atoms with Crippen LogP contribution in [-0.4, -0.2) is 98.8 Å². The number of imide groups is 1. The van der Waals surface area contributed by atoms with E-state index in [9.17, 15) is 14.4 Å². The topological polar surface area (TPSA) is 85.9 Å². The molecule has 0 atom stereocenters. The Morgan fingerprint density at radius 2 is 1.64 bits per heavy atom. The average Bonchev–Trinajstić information content (AvgIpc) is 3.01. The first-order valence-corrected chi connectivity index (χ1v) is 15.1. The van der Waals surface area contributed by atoms with Crippen molar-refractivity contribution in [3.8, 4) is 5.75 Å². The zero-order valence-corrected chi connectivity index (χ0v) is 25.1. The fourth-order valence-electron chi connectivity index (χ4n) is 6.19. The number of carbonyl (C=O) groups excluding carboxylic acids is 3. The lowest BCUT2D eigenvalue weighted by molar-refractivity contribution is -0.129. The van der Waals surface area contributed by atoms with E-state index in [2.05, 4.69) is 21.9 Å². The summed E-state index contributed by atoms with van der Waals surface area (Å²) in [6.45, 7) is 11.5. The van der Waals surface area contributed by atoms with Crippen LogP contribution in [0.3, 0.4) is 0 Å². The molecule has 0 unspecified atom stereocenters. The van der Waals surface area contributed by atoms with E-state index in [1.54, 1.807) is 12.0 Å². The number of nitrogens with zero attached hydrogens (tertiary/aromatic N) is 5. The van der Waals surface area contributed by atoms with Gasteiger partial charge in [-0.3, -0.25) is 19.5 Å². The van der Waals surface area contributed by atoms with Crippen molar-refractivity contribution in [2.45, 2.75) is 39.7 Å². The smallest absolute Gasteiger partial charge is 0.409 e. The summed E-state index contributed by atoms with van der Waals surface area (Å²) < 4.78 is 10.4. The van der Waals surface area contributed by atoms with Crippen LogP contribution in [0.4, 0.5) is 21.0 Å². The minimum Gasteiger partial charge on any atom is -0.497 e. The third kappa shape index (κ3) is 6.81. The number of ether oxygens (including phenoxy) is 2. The maximum Gasteiger partial charge on any atom is 0.409 e. The molecule has 0 spiro atoms. The first-order chi connectivity index (χ1) is 20.4. The van der Waals surface area contributed by atoms with E-state index in [0.29, 0.717) is 25.5 Å². The van der Waals surface area contributed by atoms with Gasteiger partial charge < -0.3 is 19.3 Å². The summed E-state index contributed by atoms with van der Waals surface area (Å²) in [5.74, 6) is 1.20. The molecule has 42 heavy (non-hydrogen) atoms. The first-order valence-electron chi connectivity index (χ1n) is 15.1. The maximum atomic E-state index is 13.4. The molecule has 0 N–H and O–H groups in total. The van der Waals surface area contributed by atoms with Gasteiger partial charge in [0.25, 0.3) is 0 Å². The van der Waals surface area contributed by atoms with Crippen molar-refractivity contribution in [3.63, 3.8) is 0 Å².